The monoisotopic (exact) mass is 322 g/mol. The summed E-state index contributed by atoms with van der Waals surface area (Å²) >= 11 is 0. The summed E-state index contributed by atoms with van der Waals surface area (Å²) < 4.78 is 0. The molecular formula is C20H34O3. The number of carbonyl (C=O) groups is 1. The highest BCUT2D eigenvalue weighted by atomic mass is 16.3. The molecule has 3 nitrogen and oxygen atoms in total. The van der Waals surface area contributed by atoms with Gasteiger partial charge in [0.25, 0.3) is 0 Å². The molecule has 0 spiro atoms. The predicted octanol–water partition coefficient (Wildman–Crippen LogP) is 3.73. The number of aliphatic hydroxyl groups excluding tert-OH is 1. The molecule has 2 aliphatic rings. The van der Waals surface area contributed by atoms with E-state index in [9.17, 15) is 15.0 Å². The second-order valence-electron chi connectivity index (χ2n) is 9.03. The lowest BCUT2D eigenvalue weighted by molar-refractivity contribution is -0.170. The number of aliphatic hydroxyl groups is 2. The summed E-state index contributed by atoms with van der Waals surface area (Å²) in [4.78, 5) is 12.3. The van der Waals surface area contributed by atoms with Gasteiger partial charge in [-0.1, -0.05) is 33.8 Å². The third-order valence-electron chi connectivity index (χ3n) is 7.56. The van der Waals surface area contributed by atoms with E-state index in [1.165, 1.54) is 0 Å². The fourth-order valence-corrected chi connectivity index (χ4v) is 5.20. The van der Waals surface area contributed by atoms with Crippen LogP contribution in [0.2, 0.25) is 0 Å². The van der Waals surface area contributed by atoms with Crippen molar-refractivity contribution >= 4 is 5.78 Å². The first-order valence-corrected chi connectivity index (χ1v) is 9.02. The zero-order chi connectivity index (χ0) is 17.6. The Labute approximate surface area is 141 Å². The van der Waals surface area contributed by atoms with E-state index >= 15 is 0 Å². The van der Waals surface area contributed by atoms with Crippen LogP contribution in [0.25, 0.3) is 0 Å². The molecule has 0 radical (unpaired) electrons. The predicted molar refractivity (Wildman–Crippen MR) is 93.0 cm³/mol. The maximum Gasteiger partial charge on any atom is 0.133 e. The van der Waals surface area contributed by atoms with E-state index in [1.807, 2.05) is 0 Å². The zero-order valence-electron chi connectivity index (χ0n) is 15.4. The maximum atomic E-state index is 12.3. The molecule has 0 aromatic heterocycles. The number of carbonyl (C=O) groups excluding carboxylic acids is 1. The lowest BCUT2D eigenvalue weighted by Crippen LogP contribution is -2.58. The van der Waals surface area contributed by atoms with E-state index in [0.717, 1.165) is 12.8 Å². The third-order valence-corrected chi connectivity index (χ3v) is 7.56. The van der Waals surface area contributed by atoms with Crippen LogP contribution in [0.1, 0.15) is 66.7 Å². The van der Waals surface area contributed by atoms with Crippen molar-refractivity contribution < 1.29 is 15.0 Å². The van der Waals surface area contributed by atoms with Crippen molar-refractivity contribution in [2.24, 2.45) is 28.6 Å². The van der Waals surface area contributed by atoms with Crippen LogP contribution in [0.15, 0.2) is 12.7 Å². The first kappa shape index (κ1) is 18.7. The van der Waals surface area contributed by atoms with Crippen LogP contribution in [-0.2, 0) is 4.79 Å². The second kappa shape index (κ2) is 6.00. The van der Waals surface area contributed by atoms with Gasteiger partial charge < -0.3 is 10.2 Å². The molecule has 2 aliphatic carbocycles. The van der Waals surface area contributed by atoms with Crippen LogP contribution in [0.3, 0.4) is 0 Å². The number of fused-ring (bicyclic) bond motifs is 1. The molecule has 2 saturated carbocycles. The smallest absolute Gasteiger partial charge is 0.133 e. The van der Waals surface area contributed by atoms with Crippen molar-refractivity contribution in [2.75, 3.05) is 0 Å². The summed E-state index contributed by atoms with van der Waals surface area (Å²) in [5.74, 6) is 1.05. The average Bonchev–Trinajstić information content (AvgIpc) is 2.47. The summed E-state index contributed by atoms with van der Waals surface area (Å²) in [6.07, 6.45) is 4.68. The fraction of sp³-hybridized carbons (Fsp3) is 0.850. The number of Topliss-reactive ketones (excluding diaryl/α,β-unsaturated/α-hetero) is 1. The average molecular weight is 322 g/mol. The molecule has 7 atom stereocenters. The number of rotatable bonds is 4. The molecule has 2 rings (SSSR count). The van der Waals surface area contributed by atoms with Gasteiger partial charge in [0.2, 0.25) is 0 Å². The Balaban J connectivity index is 2.36. The summed E-state index contributed by atoms with van der Waals surface area (Å²) in [7, 11) is 0. The molecule has 2 N–H and O–H groups in total. The summed E-state index contributed by atoms with van der Waals surface area (Å²) in [6.45, 7) is 14.2. The first-order chi connectivity index (χ1) is 10.5. The molecule has 0 bridgehead atoms. The molecule has 0 amide bonds. The van der Waals surface area contributed by atoms with E-state index in [-0.39, 0.29) is 28.8 Å². The van der Waals surface area contributed by atoms with E-state index < -0.39 is 5.60 Å². The highest BCUT2D eigenvalue weighted by Crippen LogP contribution is 2.62. The second-order valence-corrected chi connectivity index (χ2v) is 9.03. The third kappa shape index (κ3) is 3.15. The SMILES string of the molecule is C=C[C@@](C)(O)CC[C@]1(C)[C@H]2CC(=O)C[C@H](C)[C@]2(C)C[C@@H](O)[C@H]1C. The zero-order valence-corrected chi connectivity index (χ0v) is 15.4. The van der Waals surface area contributed by atoms with Crippen molar-refractivity contribution in [3.8, 4) is 0 Å². The molecule has 0 saturated heterocycles. The first-order valence-electron chi connectivity index (χ1n) is 9.02. The van der Waals surface area contributed by atoms with Crippen LogP contribution in [0.4, 0.5) is 0 Å². The van der Waals surface area contributed by atoms with Crippen molar-refractivity contribution in [2.45, 2.75) is 78.4 Å². The highest BCUT2D eigenvalue weighted by Gasteiger charge is 2.59. The van der Waals surface area contributed by atoms with Crippen LogP contribution in [0, 0.1) is 28.6 Å². The standard InChI is InChI=1S/C20H34O3/c1-7-18(4,23)8-9-19(5)14(3)16(22)12-20(6)13(2)10-15(21)11-17(19)20/h7,13-14,16-17,22-23H,1,8-12H2,2-6H3/t13-,14+,16+,17+,18+,19-,20-/m0/s1. The van der Waals surface area contributed by atoms with E-state index in [4.69, 9.17) is 0 Å². The normalized spacial score (nSPS) is 46.8. The molecule has 0 aromatic rings. The van der Waals surface area contributed by atoms with Gasteiger partial charge in [-0.05, 0) is 54.8 Å². The minimum atomic E-state index is -0.897. The minimum absolute atomic E-state index is 0.00533. The quantitative estimate of drug-likeness (QED) is 0.775. The molecule has 3 heteroatoms. The lowest BCUT2D eigenvalue weighted by atomic mass is 9.44. The molecule has 0 aromatic carbocycles. The van der Waals surface area contributed by atoms with Crippen molar-refractivity contribution in [3.63, 3.8) is 0 Å². The Morgan fingerprint density at radius 3 is 2.52 bits per heavy atom. The van der Waals surface area contributed by atoms with Crippen molar-refractivity contribution in [1.29, 1.82) is 0 Å². The van der Waals surface area contributed by atoms with Gasteiger partial charge in [-0.25, -0.2) is 0 Å². The van der Waals surface area contributed by atoms with E-state index in [1.54, 1.807) is 13.0 Å². The Kier molecular flexibility index (Phi) is 4.87. The topological polar surface area (TPSA) is 57.5 Å². The lowest BCUT2D eigenvalue weighted by Gasteiger charge is -2.61. The van der Waals surface area contributed by atoms with Gasteiger partial charge in [0.15, 0.2) is 0 Å². The number of ketones is 1. The summed E-state index contributed by atoms with van der Waals surface area (Å²) in [5.41, 5.74) is -1.05. The van der Waals surface area contributed by atoms with E-state index in [2.05, 4.69) is 34.3 Å². The Hall–Kier alpha value is -0.670. The molecule has 0 heterocycles. The Morgan fingerprint density at radius 2 is 1.96 bits per heavy atom. The van der Waals surface area contributed by atoms with Crippen LogP contribution in [0.5, 0.6) is 0 Å². The van der Waals surface area contributed by atoms with Gasteiger partial charge in [-0.15, -0.1) is 6.58 Å². The number of hydrogen-bond donors (Lipinski definition) is 2. The molecule has 23 heavy (non-hydrogen) atoms. The van der Waals surface area contributed by atoms with Crippen LogP contribution < -0.4 is 0 Å². The van der Waals surface area contributed by atoms with Crippen molar-refractivity contribution in [1.82, 2.24) is 0 Å². The minimum Gasteiger partial charge on any atom is -0.393 e. The van der Waals surface area contributed by atoms with Crippen molar-refractivity contribution in [3.05, 3.63) is 12.7 Å². The highest BCUT2D eigenvalue weighted by molar-refractivity contribution is 5.80. The summed E-state index contributed by atoms with van der Waals surface area (Å²) in [6, 6.07) is 0. The Morgan fingerprint density at radius 1 is 1.35 bits per heavy atom. The van der Waals surface area contributed by atoms with Crippen LogP contribution >= 0.6 is 0 Å². The van der Waals surface area contributed by atoms with Gasteiger partial charge in [0, 0.05) is 12.8 Å². The fourth-order valence-electron chi connectivity index (χ4n) is 5.20. The molecule has 132 valence electrons. The maximum absolute atomic E-state index is 12.3. The van der Waals surface area contributed by atoms with Gasteiger partial charge >= 0.3 is 0 Å². The molecule has 0 unspecified atom stereocenters. The number of hydrogen-bond acceptors (Lipinski definition) is 3. The van der Waals surface area contributed by atoms with Gasteiger partial charge in [-0.2, -0.15) is 0 Å². The molecular weight excluding hydrogens is 288 g/mol. The van der Waals surface area contributed by atoms with E-state index in [0.29, 0.717) is 31.0 Å². The Bertz CT molecular complexity index is 483. The molecule has 2 fully saturated rings. The van der Waals surface area contributed by atoms with Gasteiger partial charge in [0.1, 0.15) is 5.78 Å². The van der Waals surface area contributed by atoms with Gasteiger partial charge in [-0.3, -0.25) is 4.79 Å². The largest absolute Gasteiger partial charge is 0.393 e. The van der Waals surface area contributed by atoms with Gasteiger partial charge in [0.05, 0.1) is 11.7 Å². The van der Waals surface area contributed by atoms with Crippen LogP contribution in [-0.4, -0.2) is 27.7 Å². The molecule has 0 aliphatic heterocycles. The summed E-state index contributed by atoms with van der Waals surface area (Å²) in [5, 5.41) is 21.1.